The van der Waals surface area contributed by atoms with Gasteiger partial charge in [-0.3, -0.25) is 14.5 Å². The second kappa shape index (κ2) is 8.48. The summed E-state index contributed by atoms with van der Waals surface area (Å²) in [5, 5.41) is 2.94. The highest BCUT2D eigenvalue weighted by atomic mass is 16.2. The van der Waals surface area contributed by atoms with Crippen LogP contribution in [0.25, 0.3) is 0 Å². The van der Waals surface area contributed by atoms with E-state index in [4.69, 9.17) is 0 Å². The lowest BCUT2D eigenvalue weighted by molar-refractivity contribution is -0.134. The van der Waals surface area contributed by atoms with Crippen LogP contribution in [0.1, 0.15) is 31.4 Å². The van der Waals surface area contributed by atoms with Gasteiger partial charge in [0.15, 0.2) is 0 Å². The largest absolute Gasteiger partial charge is 0.335 e. The van der Waals surface area contributed by atoms with Crippen LogP contribution in [-0.2, 0) is 9.59 Å². The maximum atomic E-state index is 12.5. The molecule has 0 radical (unpaired) electrons. The van der Waals surface area contributed by atoms with Crippen LogP contribution in [0.5, 0.6) is 0 Å². The molecule has 0 bridgehead atoms. The molecule has 5 heteroatoms. The fraction of sp³-hybridized carbons (Fsp3) is 0.600. The fourth-order valence-electron chi connectivity index (χ4n) is 3.73. The van der Waals surface area contributed by atoms with Gasteiger partial charge in [-0.15, -0.1) is 0 Å². The van der Waals surface area contributed by atoms with Gasteiger partial charge in [-0.05, 0) is 43.2 Å². The maximum Gasteiger partial charge on any atom is 0.243 e. The summed E-state index contributed by atoms with van der Waals surface area (Å²) in [4.78, 5) is 28.5. The zero-order chi connectivity index (χ0) is 18.6. The Morgan fingerprint density at radius 3 is 2.28 bits per heavy atom. The monoisotopic (exact) mass is 345 g/mol. The lowest BCUT2D eigenvalue weighted by Gasteiger charge is -2.35. The van der Waals surface area contributed by atoms with Crippen molar-refractivity contribution >= 4 is 17.5 Å². The van der Waals surface area contributed by atoms with E-state index in [0.717, 1.165) is 29.9 Å². The third kappa shape index (κ3) is 5.56. The highest BCUT2D eigenvalue weighted by Gasteiger charge is 2.24. The van der Waals surface area contributed by atoms with Gasteiger partial charge in [-0.1, -0.05) is 32.0 Å². The first-order chi connectivity index (χ1) is 11.8. The van der Waals surface area contributed by atoms with Crippen molar-refractivity contribution in [2.75, 3.05) is 38.5 Å². The van der Waals surface area contributed by atoms with Crippen molar-refractivity contribution in [1.29, 1.82) is 0 Å². The minimum atomic E-state index is -0.159. The zero-order valence-corrected chi connectivity index (χ0v) is 16.1. The molecule has 0 spiro atoms. The molecule has 1 aromatic carbocycles. The molecular formula is C20H31N3O2. The first-order valence-corrected chi connectivity index (χ1v) is 9.08. The van der Waals surface area contributed by atoms with Gasteiger partial charge in [0.25, 0.3) is 0 Å². The predicted octanol–water partition coefficient (Wildman–Crippen LogP) is 2.68. The molecule has 1 aliphatic heterocycles. The van der Waals surface area contributed by atoms with Gasteiger partial charge in [0.1, 0.15) is 0 Å². The van der Waals surface area contributed by atoms with E-state index >= 15 is 0 Å². The number of nitrogens with zero attached hydrogens (tertiary/aromatic N) is 2. The molecule has 2 amide bonds. The minimum absolute atomic E-state index is 0.00189. The summed E-state index contributed by atoms with van der Waals surface area (Å²) in [5.74, 6) is 1.08. The summed E-state index contributed by atoms with van der Waals surface area (Å²) < 4.78 is 0. The van der Waals surface area contributed by atoms with Crippen LogP contribution < -0.4 is 5.32 Å². The van der Waals surface area contributed by atoms with Gasteiger partial charge >= 0.3 is 0 Å². The Hall–Kier alpha value is -1.88. The van der Waals surface area contributed by atoms with Crippen LogP contribution in [0.3, 0.4) is 0 Å². The number of aryl methyl sites for hydroxylation is 2. The third-order valence-electron chi connectivity index (χ3n) is 4.86. The average Bonchev–Trinajstić information content (AvgIpc) is 2.50. The van der Waals surface area contributed by atoms with E-state index in [1.807, 2.05) is 32.0 Å². The Morgan fingerprint density at radius 1 is 1.16 bits per heavy atom. The number of likely N-dealkylation sites (N-methyl/N-ethyl adjacent to an activating group) is 1. The molecule has 1 aromatic rings. The summed E-state index contributed by atoms with van der Waals surface area (Å²) in [6, 6.07) is 5.91. The molecule has 1 aliphatic rings. The van der Waals surface area contributed by atoms with Crippen LogP contribution in [0.4, 0.5) is 5.69 Å². The van der Waals surface area contributed by atoms with Crippen LogP contribution in [0.15, 0.2) is 18.2 Å². The molecule has 1 heterocycles. The molecule has 2 atom stereocenters. The SMILES string of the molecule is Cc1cccc(C)c1NC(=O)CN(C)C(=O)CN1C[C@H](C)C[C@@H](C)C1. The van der Waals surface area contributed by atoms with E-state index in [9.17, 15) is 9.59 Å². The second-order valence-electron chi connectivity index (χ2n) is 7.70. The third-order valence-corrected chi connectivity index (χ3v) is 4.86. The van der Waals surface area contributed by atoms with Crippen molar-refractivity contribution < 1.29 is 9.59 Å². The number of carbonyl (C=O) groups is 2. The molecule has 1 N–H and O–H groups in total. The highest BCUT2D eigenvalue weighted by molar-refractivity contribution is 5.95. The minimum Gasteiger partial charge on any atom is -0.335 e. The Balaban J connectivity index is 1.87. The molecule has 0 aromatic heterocycles. The molecule has 0 saturated carbocycles. The van der Waals surface area contributed by atoms with Gasteiger partial charge in [0.2, 0.25) is 11.8 Å². The fourth-order valence-corrected chi connectivity index (χ4v) is 3.73. The highest BCUT2D eigenvalue weighted by Crippen LogP contribution is 2.21. The Morgan fingerprint density at radius 2 is 1.72 bits per heavy atom. The first kappa shape index (κ1) is 19.4. The number of likely N-dealkylation sites (tertiary alicyclic amines) is 1. The Kier molecular flexibility index (Phi) is 6.59. The summed E-state index contributed by atoms with van der Waals surface area (Å²) >= 11 is 0. The van der Waals surface area contributed by atoms with E-state index in [2.05, 4.69) is 24.1 Å². The number of carbonyl (C=O) groups excluding carboxylic acids is 2. The Labute approximate surface area is 151 Å². The number of anilines is 1. The standard InChI is InChI=1S/C20H31N3O2/c1-14-9-15(2)11-23(10-14)13-19(25)22(5)12-18(24)21-20-16(3)7-6-8-17(20)4/h6-8,14-15H,9-13H2,1-5H3,(H,21,24)/t14-,15-/m1/s1. The number of para-hydroxylation sites is 1. The Bertz CT molecular complexity index is 599. The molecule has 0 aliphatic carbocycles. The van der Waals surface area contributed by atoms with Crippen LogP contribution in [0, 0.1) is 25.7 Å². The number of hydrogen-bond acceptors (Lipinski definition) is 3. The number of nitrogens with one attached hydrogen (secondary N) is 1. The van der Waals surface area contributed by atoms with E-state index in [1.165, 1.54) is 11.3 Å². The number of amides is 2. The van der Waals surface area contributed by atoms with Crippen LogP contribution in [0.2, 0.25) is 0 Å². The number of hydrogen-bond donors (Lipinski definition) is 1. The second-order valence-corrected chi connectivity index (χ2v) is 7.70. The smallest absolute Gasteiger partial charge is 0.243 e. The summed E-state index contributed by atoms with van der Waals surface area (Å²) in [5.41, 5.74) is 2.89. The average molecular weight is 345 g/mol. The van der Waals surface area contributed by atoms with E-state index < -0.39 is 0 Å². The zero-order valence-electron chi connectivity index (χ0n) is 16.1. The van der Waals surface area contributed by atoms with Crippen molar-refractivity contribution in [2.45, 2.75) is 34.1 Å². The lowest BCUT2D eigenvalue weighted by atomic mass is 9.92. The number of piperidine rings is 1. The van der Waals surface area contributed by atoms with Gasteiger partial charge in [-0.2, -0.15) is 0 Å². The normalized spacial score (nSPS) is 21.0. The topological polar surface area (TPSA) is 52.7 Å². The molecule has 25 heavy (non-hydrogen) atoms. The van der Waals surface area contributed by atoms with Crippen molar-refractivity contribution in [1.82, 2.24) is 9.80 Å². The van der Waals surface area contributed by atoms with Crippen LogP contribution in [-0.4, -0.2) is 54.8 Å². The molecule has 1 saturated heterocycles. The summed E-state index contributed by atoms with van der Waals surface area (Å²) in [7, 11) is 1.70. The molecule has 1 fully saturated rings. The summed E-state index contributed by atoms with van der Waals surface area (Å²) in [6.45, 7) is 10.8. The number of rotatable bonds is 5. The first-order valence-electron chi connectivity index (χ1n) is 9.08. The predicted molar refractivity (Wildman–Crippen MR) is 102 cm³/mol. The lowest BCUT2D eigenvalue weighted by Crippen LogP contribution is -2.46. The van der Waals surface area contributed by atoms with Gasteiger partial charge in [0, 0.05) is 25.8 Å². The van der Waals surface area contributed by atoms with Crippen LogP contribution >= 0.6 is 0 Å². The molecule has 0 unspecified atom stereocenters. The van der Waals surface area contributed by atoms with Crippen molar-refractivity contribution in [2.24, 2.45) is 11.8 Å². The maximum absolute atomic E-state index is 12.5. The van der Waals surface area contributed by atoms with E-state index in [-0.39, 0.29) is 18.4 Å². The van der Waals surface area contributed by atoms with Crippen molar-refractivity contribution in [3.8, 4) is 0 Å². The molecule has 2 rings (SSSR count). The van der Waals surface area contributed by atoms with E-state index in [0.29, 0.717) is 18.4 Å². The van der Waals surface area contributed by atoms with Gasteiger partial charge in [0.05, 0.1) is 13.1 Å². The van der Waals surface area contributed by atoms with Gasteiger partial charge < -0.3 is 10.2 Å². The number of benzene rings is 1. The van der Waals surface area contributed by atoms with E-state index in [1.54, 1.807) is 7.05 Å². The summed E-state index contributed by atoms with van der Waals surface area (Å²) in [6.07, 6.45) is 1.22. The molecule has 138 valence electrons. The van der Waals surface area contributed by atoms with Crippen molar-refractivity contribution in [3.63, 3.8) is 0 Å². The van der Waals surface area contributed by atoms with Gasteiger partial charge in [-0.25, -0.2) is 0 Å². The molecule has 5 nitrogen and oxygen atoms in total. The molecular weight excluding hydrogens is 314 g/mol. The quantitative estimate of drug-likeness (QED) is 0.893. The van der Waals surface area contributed by atoms with Crippen molar-refractivity contribution in [3.05, 3.63) is 29.3 Å².